The number of esters is 1. The molecule has 0 radical (unpaired) electrons. The number of halogens is 2. The maximum Gasteiger partial charge on any atom is 0.338 e. The molecule has 0 unspecified atom stereocenters. The second kappa shape index (κ2) is 6.05. The van der Waals surface area contributed by atoms with Crippen LogP contribution in [-0.2, 0) is 11.3 Å². The van der Waals surface area contributed by atoms with E-state index >= 15 is 0 Å². The van der Waals surface area contributed by atoms with E-state index < -0.39 is 5.97 Å². The normalized spacial score (nSPS) is 10.3. The summed E-state index contributed by atoms with van der Waals surface area (Å²) in [6, 6.07) is 9.19. The van der Waals surface area contributed by atoms with Gasteiger partial charge >= 0.3 is 5.97 Å². The molecule has 0 aliphatic rings. The summed E-state index contributed by atoms with van der Waals surface area (Å²) in [7, 11) is 0. The first-order valence-electron chi connectivity index (χ1n) is 5.94. The minimum atomic E-state index is -0.458. The SMILES string of the molecule is Cc1c(N)cc(Br)cc1C(=O)OCc1ccc(F)cc1. The molecule has 104 valence electrons. The average molecular weight is 338 g/mol. The summed E-state index contributed by atoms with van der Waals surface area (Å²) < 4.78 is 18.7. The molecule has 0 spiro atoms. The van der Waals surface area contributed by atoms with Crippen LogP contribution in [0.2, 0.25) is 0 Å². The summed E-state index contributed by atoms with van der Waals surface area (Å²) in [4.78, 5) is 12.0. The number of carbonyl (C=O) groups is 1. The average Bonchev–Trinajstić information content (AvgIpc) is 2.42. The first kappa shape index (κ1) is 14.5. The Morgan fingerprint density at radius 2 is 1.95 bits per heavy atom. The van der Waals surface area contributed by atoms with E-state index in [4.69, 9.17) is 10.5 Å². The van der Waals surface area contributed by atoms with Crippen molar-refractivity contribution in [1.82, 2.24) is 0 Å². The molecular formula is C15H13BrFNO2. The van der Waals surface area contributed by atoms with Crippen molar-refractivity contribution >= 4 is 27.6 Å². The van der Waals surface area contributed by atoms with Gasteiger partial charge in [0.2, 0.25) is 0 Å². The highest BCUT2D eigenvalue weighted by molar-refractivity contribution is 9.10. The zero-order chi connectivity index (χ0) is 14.7. The maximum absolute atomic E-state index is 12.8. The molecule has 0 aromatic heterocycles. The number of hydrogen-bond donors (Lipinski definition) is 1. The molecule has 0 bridgehead atoms. The molecule has 0 aliphatic carbocycles. The van der Waals surface area contributed by atoms with Crippen LogP contribution in [-0.4, -0.2) is 5.97 Å². The van der Waals surface area contributed by atoms with Gasteiger partial charge in [-0.3, -0.25) is 0 Å². The smallest absolute Gasteiger partial charge is 0.338 e. The van der Waals surface area contributed by atoms with Gasteiger partial charge in [-0.25, -0.2) is 9.18 Å². The van der Waals surface area contributed by atoms with Crippen molar-refractivity contribution in [3.05, 3.63) is 63.4 Å². The highest BCUT2D eigenvalue weighted by Gasteiger charge is 2.13. The molecule has 0 saturated carbocycles. The van der Waals surface area contributed by atoms with Gasteiger partial charge in [0.25, 0.3) is 0 Å². The Hall–Kier alpha value is -1.88. The summed E-state index contributed by atoms with van der Waals surface area (Å²) in [5.74, 6) is -0.782. The van der Waals surface area contributed by atoms with E-state index in [0.717, 1.165) is 5.56 Å². The van der Waals surface area contributed by atoms with Gasteiger partial charge in [-0.2, -0.15) is 0 Å². The lowest BCUT2D eigenvalue weighted by molar-refractivity contribution is 0.0472. The predicted molar refractivity (Wildman–Crippen MR) is 78.8 cm³/mol. The van der Waals surface area contributed by atoms with E-state index in [0.29, 0.717) is 21.3 Å². The van der Waals surface area contributed by atoms with Gasteiger partial charge in [-0.15, -0.1) is 0 Å². The zero-order valence-electron chi connectivity index (χ0n) is 10.8. The molecule has 0 atom stereocenters. The molecule has 0 aliphatic heterocycles. The highest BCUT2D eigenvalue weighted by atomic mass is 79.9. The number of nitrogens with two attached hydrogens (primary N) is 1. The Bertz CT molecular complexity index is 641. The summed E-state index contributed by atoms with van der Waals surface area (Å²) >= 11 is 3.29. The van der Waals surface area contributed by atoms with Crippen molar-refractivity contribution < 1.29 is 13.9 Å². The Labute approximate surface area is 124 Å². The summed E-state index contributed by atoms with van der Waals surface area (Å²) in [5, 5.41) is 0. The van der Waals surface area contributed by atoms with Crippen LogP contribution < -0.4 is 5.73 Å². The molecule has 0 fully saturated rings. The van der Waals surface area contributed by atoms with Gasteiger partial charge < -0.3 is 10.5 Å². The lowest BCUT2D eigenvalue weighted by Gasteiger charge is -2.10. The van der Waals surface area contributed by atoms with Gasteiger partial charge in [-0.05, 0) is 42.3 Å². The summed E-state index contributed by atoms with van der Waals surface area (Å²) in [6.07, 6.45) is 0. The molecule has 2 aromatic carbocycles. The molecule has 0 heterocycles. The molecule has 20 heavy (non-hydrogen) atoms. The van der Waals surface area contributed by atoms with Gasteiger partial charge in [0.05, 0.1) is 5.56 Å². The molecule has 2 N–H and O–H groups in total. The van der Waals surface area contributed by atoms with Crippen LogP contribution in [0.15, 0.2) is 40.9 Å². The third-order valence-corrected chi connectivity index (χ3v) is 3.37. The van der Waals surface area contributed by atoms with E-state index in [2.05, 4.69) is 15.9 Å². The lowest BCUT2D eigenvalue weighted by atomic mass is 10.1. The molecule has 2 rings (SSSR count). The van der Waals surface area contributed by atoms with E-state index in [9.17, 15) is 9.18 Å². The highest BCUT2D eigenvalue weighted by Crippen LogP contribution is 2.23. The Morgan fingerprint density at radius 3 is 2.60 bits per heavy atom. The number of nitrogen functional groups attached to an aromatic ring is 1. The molecular weight excluding hydrogens is 325 g/mol. The topological polar surface area (TPSA) is 52.3 Å². The Kier molecular flexibility index (Phi) is 4.39. The molecule has 3 nitrogen and oxygen atoms in total. The molecule has 0 saturated heterocycles. The summed E-state index contributed by atoms with van der Waals surface area (Å²) in [6.45, 7) is 1.85. The van der Waals surface area contributed by atoms with Crippen molar-refractivity contribution in [3.63, 3.8) is 0 Å². The van der Waals surface area contributed by atoms with E-state index in [1.165, 1.54) is 12.1 Å². The Morgan fingerprint density at radius 1 is 1.30 bits per heavy atom. The zero-order valence-corrected chi connectivity index (χ0v) is 12.4. The standard InChI is InChI=1S/C15H13BrFNO2/c1-9-13(6-11(16)7-14(9)18)15(19)20-8-10-2-4-12(17)5-3-10/h2-7H,8,18H2,1H3. The van der Waals surface area contributed by atoms with Crippen LogP contribution in [0.1, 0.15) is 21.5 Å². The fraction of sp³-hybridized carbons (Fsp3) is 0.133. The fourth-order valence-corrected chi connectivity index (χ4v) is 2.19. The fourth-order valence-electron chi connectivity index (χ4n) is 1.72. The van der Waals surface area contributed by atoms with E-state index in [1.54, 1.807) is 31.2 Å². The molecule has 2 aromatic rings. The number of anilines is 1. The predicted octanol–water partition coefficient (Wildman–Crippen LogP) is 3.84. The lowest BCUT2D eigenvalue weighted by Crippen LogP contribution is -2.08. The monoisotopic (exact) mass is 337 g/mol. The van der Waals surface area contributed by atoms with Crippen molar-refractivity contribution in [2.45, 2.75) is 13.5 Å². The third kappa shape index (κ3) is 3.36. The van der Waals surface area contributed by atoms with Crippen LogP contribution in [0.5, 0.6) is 0 Å². The quantitative estimate of drug-likeness (QED) is 0.683. The number of ether oxygens (including phenoxy) is 1. The summed E-state index contributed by atoms with van der Waals surface area (Å²) in [5.41, 5.74) is 8.14. The second-order valence-corrected chi connectivity index (χ2v) is 5.29. The van der Waals surface area contributed by atoms with Gasteiger partial charge in [0.1, 0.15) is 12.4 Å². The van der Waals surface area contributed by atoms with Gasteiger partial charge in [0, 0.05) is 10.2 Å². The first-order valence-corrected chi connectivity index (χ1v) is 6.74. The Balaban J connectivity index is 2.11. The second-order valence-electron chi connectivity index (χ2n) is 4.37. The minimum Gasteiger partial charge on any atom is -0.457 e. The van der Waals surface area contributed by atoms with E-state index in [-0.39, 0.29) is 12.4 Å². The van der Waals surface area contributed by atoms with E-state index in [1.807, 2.05) is 0 Å². The van der Waals surface area contributed by atoms with Crippen LogP contribution in [0.25, 0.3) is 0 Å². The van der Waals surface area contributed by atoms with Gasteiger partial charge in [-0.1, -0.05) is 28.1 Å². The molecule has 5 heteroatoms. The number of hydrogen-bond acceptors (Lipinski definition) is 3. The van der Waals surface area contributed by atoms with Crippen LogP contribution >= 0.6 is 15.9 Å². The van der Waals surface area contributed by atoms with Crippen molar-refractivity contribution in [3.8, 4) is 0 Å². The van der Waals surface area contributed by atoms with Crippen molar-refractivity contribution in [2.24, 2.45) is 0 Å². The first-order chi connectivity index (χ1) is 9.47. The third-order valence-electron chi connectivity index (χ3n) is 2.92. The number of benzene rings is 2. The van der Waals surface area contributed by atoms with Crippen molar-refractivity contribution in [2.75, 3.05) is 5.73 Å². The van der Waals surface area contributed by atoms with Crippen LogP contribution in [0.4, 0.5) is 10.1 Å². The maximum atomic E-state index is 12.8. The largest absolute Gasteiger partial charge is 0.457 e. The van der Waals surface area contributed by atoms with Crippen LogP contribution in [0, 0.1) is 12.7 Å². The van der Waals surface area contributed by atoms with Crippen molar-refractivity contribution in [1.29, 1.82) is 0 Å². The van der Waals surface area contributed by atoms with Gasteiger partial charge in [0.15, 0.2) is 0 Å². The number of rotatable bonds is 3. The minimum absolute atomic E-state index is 0.0883. The molecule has 0 amide bonds. The number of carbonyl (C=O) groups excluding carboxylic acids is 1. The van der Waals surface area contributed by atoms with Crippen LogP contribution in [0.3, 0.4) is 0 Å².